The molecule has 2 heterocycles. The van der Waals surface area contributed by atoms with Crippen LogP contribution in [0.2, 0.25) is 5.02 Å². The first-order valence-corrected chi connectivity index (χ1v) is 11.7. The molecule has 5 rings (SSSR count). The van der Waals surface area contributed by atoms with E-state index in [0.29, 0.717) is 27.9 Å². The zero-order valence-electron chi connectivity index (χ0n) is 18.3. The van der Waals surface area contributed by atoms with Crippen molar-refractivity contribution >= 4 is 34.7 Å². The molecule has 166 valence electrons. The fourth-order valence-corrected chi connectivity index (χ4v) is 4.94. The van der Waals surface area contributed by atoms with Gasteiger partial charge in [-0.05, 0) is 60.6 Å². The van der Waals surface area contributed by atoms with Gasteiger partial charge in [-0.15, -0.1) is 0 Å². The second-order valence-electron chi connectivity index (χ2n) is 8.63. The van der Waals surface area contributed by atoms with Gasteiger partial charge in [-0.1, -0.05) is 72.3 Å². The third kappa shape index (κ3) is 4.31. The highest BCUT2D eigenvalue weighted by atomic mass is 35.5. The highest BCUT2D eigenvalue weighted by Crippen LogP contribution is 2.37. The summed E-state index contributed by atoms with van der Waals surface area (Å²) in [5, 5.41) is 0.565. The first kappa shape index (κ1) is 21.5. The Morgan fingerprint density at radius 3 is 2.00 bits per heavy atom. The quantitative estimate of drug-likeness (QED) is 0.470. The van der Waals surface area contributed by atoms with Crippen molar-refractivity contribution in [2.75, 3.05) is 18.0 Å². The molecule has 0 aromatic heterocycles. The molecule has 0 aliphatic carbocycles. The fraction of sp³-hybridized carbons (Fsp3) is 0.214. The molecular formula is C28H25ClN2O2. The molecule has 0 saturated carbocycles. The lowest BCUT2D eigenvalue weighted by Gasteiger charge is -2.34. The molecule has 3 aromatic rings. The Kier molecular flexibility index (Phi) is 6.01. The smallest absolute Gasteiger partial charge is 0.282 e. The maximum atomic E-state index is 13.6. The van der Waals surface area contributed by atoms with E-state index in [1.807, 2.05) is 36.4 Å². The van der Waals surface area contributed by atoms with E-state index < -0.39 is 0 Å². The first-order valence-electron chi connectivity index (χ1n) is 11.3. The first-order chi connectivity index (χ1) is 16.1. The molecule has 2 aliphatic heterocycles. The molecule has 0 atom stereocenters. The van der Waals surface area contributed by atoms with Crippen molar-refractivity contribution in [3.8, 4) is 0 Å². The van der Waals surface area contributed by atoms with E-state index in [1.165, 1.54) is 10.5 Å². The lowest BCUT2D eigenvalue weighted by molar-refractivity contribution is -0.120. The molecule has 0 spiro atoms. The summed E-state index contributed by atoms with van der Waals surface area (Å²) in [5.41, 5.74) is 3.66. The molecule has 1 fully saturated rings. The van der Waals surface area contributed by atoms with Crippen LogP contribution in [0.4, 0.5) is 5.69 Å². The summed E-state index contributed by atoms with van der Waals surface area (Å²) in [5.74, 6) is 0.0293. The van der Waals surface area contributed by atoms with Gasteiger partial charge < -0.3 is 4.90 Å². The molecule has 0 unspecified atom stereocenters. The summed E-state index contributed by atoms with van der Waals surface area (Å²) in [4.78, 5) is 30.6. The number of nitrogens with zero attached hydrogens (tertiary/aromatic N) is 2. The van der Waals surface area contributed by atoms with Crippen LogP contribution in [0.25, 0.3) is 5.57 Å². The van der Waals surface area contributed by atoms with Gasteiger partial charge in [0.15, 0.2) is 0 Å². The Bertz CT molecular complexity index is 1180. The van der Waals surface area contributed by atoms with Gasteiger partial charge in [-0.2, -0.15) is 0 Å². The number of piperidine rings is 1. The molecule has 2 amide bonds. The van der Waals surface area contributed by atoms with E-state index in [0.717, 1.165) is 37.9 Å². The van der Waals surface area contributed by atoms with Gasteiger partial charge in [0.05, 0.1) is 11.3 Å². The van der Waals surface area contributed by atoms with Crippen molar-refractivity contribution in [1.82, 2.24) is 4.90 Å². The lowest BCUT2D eigenvalue weighted by atomic mass is 9.89. The number of likely N-dealkylation sites (tertiary alicyclic amines) is 1. The van der Waals surface area contributed by atoms with Crippen LogP contribution in [-0.2, 0) is 16.0 Å². The predicted molar refractivity (Wildman–Crippen MR) is 132 cm³/mol. The topological polar surface area (TPSA) is 40.6 Å². The van der Waals surface area contributed by atoms with Crippen LogP contribution in [0.5, 0.6) is 0 Å². The number of carbonyl (C=O) groups excluding carboxylic acids is 2. The number of hydrogen-bond acceptors (Lipinski definition) is 3. The van der Waals surface area contributed by atoms with Crippen LogP contribution >= 0.6 is 11.6 Å². The van der Waals surface area contributed by atoms with Crippen molar-refractivity contribution in [3.63, 3.8) is 0 Å². The summed E-state index contributed by atoms with van der Waals surface area (Å²) >= 11 is 6.03. The van der Waals surface area contributed by atoms with Gasteiger partial charge in [-0.25, -0.2) is 4.90 Å². The minimum atomic E-state index is -0.282. The molecule has 1 saturated heterocycles. The summed E-state index contributed by atoms with van der Waals surface area (Å²) in [6.45, 7) is 1.52. The lowest BCUT2D eigenvalue weighted by Crippen LogP contribution is -2.39. The van der Waals surface area contributed by atoms with Crippen LogP contribution in [0.3, 0.4) is 0 Å². The molecule has 5 heteroatoms. The second kappa shape index (κ2) is 9.24. The third-order valence-corrected chi connectivity index (χ3v) is 6.76. The van der Waals surface area contributed by atoms with Gasteiger partial charge in [-0.3, -0.25) is 9.59 Å². The number of hydrogen-bond donors (Lipinski definition) is 0. The van der Waals surface area contributed by atoms with Gasteiger partial charge >= 0.3 is 0 Å². The largest absolute Gasteiger partial charge is 0.366 e. The standard InChI is InChI=1S/C28H25ClN2O2/c29-23-11-13-24(14-12-23)31-27(32)25(22-9-5-2-6-10-22)26(28(31)33)30-17-15-21(16-18-30)19-20-7-3-1-4-8-20/h1-14,21H,15-19H2. The van der Waals surface area contributed by atoms with Crippen molar-refractivity contribution < 1.29 is 9.59 Å². The zero-order chi connectivity index (χ0) is 22.8. The second-order valence-corrected chi connectivity index (χ2v) is 9.07. The zero-order valence-corrected chi connectivity index (χ0v) is 19.0. The van der Waals surface area contributed by atoms with E-state index >= 15 is 0 Å². The maximum absolute atomic E-state index is 13.6. The Morgan fingerprint density at radius 1 is 0.758 bits per heavy atom. The van der Waals surface area contributed by atoms with Gasteiger partial charge in [0.25, 0.3) is 11.8 Å². The molecule has 0 radical (unpaired) electrons. The van der Waals surface area contributed by atoms with Gasteiger partial charge in [0.1, 0.15) is 5.70 Å². The summed E-state index contributed by atoms with van der Waals surface area (Å²) in [7, 11) is 0. The average molecular weight is 457 g/mol. The summed E-state index contributed by atoms with van der Waals surface area (Å²) < 4.78 is 0. The Hall–Kier alpha value is -3.37. The van der Waals surface area contributed by atoms with Crippen molar-refractivity contribution in [2.45, 2.75) is 19.3 Å². The number of amides is 2. The highest BCUT2D eigenvalue weighted by Gasteiger charge is 2.43. The molecular weight excluding hydrogens is 432 g/mol. The minimum Gasteiger partial charge on any atom is -0.366 e. The van der Waals surface area contributed by atoms with Gasteiger partial charge in [0, 0.05) is 18.1 Å². The highest BCUT2D eigenvalue weighted by molar-refractivity contribution is 6.45. The van der Waals surface area contributed by atoms with Crippen LogP contribution in [-0.4, -0.2) is 29.8 Å². The van der Waals surface area contributed by atoms with Crippen LogP contribution in [0, 0.1) is 5.92 Å². The molecule has 3 aromatic carbocycles. The molecule has 0 N–H and O–H groups in total. The van der Waals surface area contributed by atoms with E-state index in [9.17, 15) is 9.59 Å². The summed E-state index contributed by atoms with van der Waals surface area (Å²) in [6, 6.07) is 26.9. The monoisotopic (exact) mass is 456 g/mol. The van der Waals surface area contributed by atoms with Gasteiger partial charge in [0.2, 0.25) is 0 Å². The SMILES string of the molecule is O=C1C(c2ccccc2)=C(N2CCC(Cc3ccccc3)CC2)C(=O)N1c1ccc(Cl)cc1. The van der Waals surface area contributed by atoms with Crippen LogP contribution < -0.4 is 4.90 Å². The van der Waals surface area contributed by atoms with Crippen LogP contribution in [0.1, 0.15) is 24.0 Å². The van der Waals surface area contributed by atoms with E-state index in [2.05, 4.69) is 29.2 Å². The number of imide groups is 1. The number of halogens is 1. The fourth-order valence-electron chi connectivity index (χ4n) is 4.81. The normalized spacial score (nSPS) is 17.2. The molecule has 0 bridgehead atoms. The van der Waals surface area contributed by atoms with Crippen molar-refractivity contribution in [1.29, 1.82) is 0 Å². The Labute approximate surface area is 199 Å². The number of rotatable bonds is 5. The van der Waals surface area contributed by atoms with Crippen LogP contribution in [0.15, 0.2) is 90.6 Å². The van der Waals surface area contributed by atoms with E-state index in [4.69, 9.17) is 11.6 Å². The van der Waals surface area contributed by atoms with Crippen molar-refractivity contribution in [3.05, 3.63) is 107 Å². The minimum absolute atomic E-state index is 0.261. The molecule has 33 heavy (non-hydrogen) atoms. The van der Waals surface area contributed by atoms with E-state index in [1.54, 1.807) is 24.3 Å². The maximum Gasteiger partial charge on any atom is 0.282 e. The third-order valence-electron chi connectivity index (χ3n) is 6.50. The Morgan fingerprint density at radius 2 is 1.36 bits per heavy atom. The Balaban J connectivity index is 1.43. The number of carbonyl (C=O) groups is 2. The number of benzene rings is 3. The van der Waals surface area contributed by atoms with Crippen molar-refractivity contribution in [2.24, 2.45) is 5.92 Å². The number of anilines is 1. The average Bonchev–Trinajstić information content (AvgIpc) is 3.11. The predicted octanol–water partition coefficient (Wildman–Crippen LogP) is 5.58. The molecule has 2 aliphatic rings. The van der Waals surface area contributed by atoms with E-state index in [-0.39, 0.29) is 11.8 Å². The molecule has 4 nitrogen and oxygen atoms in total. The summed E-state index contributed by atoms with van der Waals surface area (Å²) in [6.07, 6.45) is 3.02.